The molecule has 0 aliphatic rings. The molecule has 0 spiro atoms. The molecule has 0 radical (unpaired) electrons. The standard InChI is InChI=1S/C14H20FNO/c1-5-11(6-2)16(4)14(17)12-8-7-10(3)9-13(12)15/h7-9,11H,5-6H2,1-4H3. The molecule has 0 saturated heterocycles. The molecule has 1 amide bonds. The van der Waals surface area contributed by atoms with E-state index < -0.39 is 5.82 Å². The molecule has 0 unspecified atom stereocenters. The lowest BCUT2D eigenvalue weighted by Crippen LogP contribution is -2.36. The van der Waals surface area contributed by atoms with Crippen LogP contribution < -0.4 is 0 Å². The van der Waals surface area contributed by atoms with Crippen LogP contribution in [0.5, 0.6) is 0 Å². The molecule has 2 nitrogen and oxygen atoms in total. The predicted molar refractivity (Wildman–Crippen MR) is 67.6 cm³/mol. The summed E-state index contributed by atoms with van der Waals surface area (Å²) in [5.41, 5.74) is 0.981. The number of hydrogen-bond acceptors (Lipinski definition) is 1. The van der Waals surface area contributed by atoms with E-state index in [2.05, 4.69) is 0 Å². The zero-order valence-electron chi connectivity index (χ0n) is 11.0. The SMILES string of the molecule is CCC(CC)N(C)C(=O)c1ccc(C)cc1F. The van der Waals surface area contributed by atoms with Gasteiger partial charge in [0.2, 0.25) is 0 Å². The van der Waals surface area contributed by atoms with Gasteiger partial charge in [-0.2, -0.15) is 0 Å². The number of halogens is 1. The first-order valence-electron chi connectivity index (χ1n) is 6.04. The van der Waals surface area contributed by atoms with E-state index in [0.29, 0.717) is 0 Å². The van der Waals surface area contributed by atoms with Gasteiger partial charge in [0.05, 0.1) is 5.56 Å². The molecule has 0 atom stereocenters. The number of carbonyl (C=O) groups excluding carboxylic acids is 1. The van der Waals surface area contributed by atoms with Crippen LogP contribution in [0.1, 0.15) is 42.6 Å². The van der Waals surface area contributed by atoms with Crippen LogP contribution in [0.15, 0.2) is 18.2 Å². The highest BCUT2D eigenvalue weighted by Crippen LogP contribution is 2.15. The van der Waals surface area contributed by atoms with Crippen molar-refractivity contribution in [3.05, 3.63) is 35.1 Å². The summed E-state index contributed by atoms with van der Waals surface area (Å²) in [7, 11) is 1.74. The van der Waals surface area contributed by atoms with Gasteiger partial charge in [-0.15, -0.1) is 0 Å². The van der Waals surface area contributed by atoms with Crippen LogP contribution in [-0.2, 0) is 0 Å². The highest BCUT2D eigenvalue weighted by Gasteiger charge is 2.20. The number of nitrogens with zero attached hydrogens (tertiary/aromatic N) is 1. The first kappa shape index (κ1) is 13.7. The fourth-order valence-corrected chi connectivity index (χ4v) is 1.99. The fourth-order valence-electron chi connectivity index (χ4n) is 1.99. The molecule has 0 fully saturated rings. The van der Waals surface area contributed by atoms with Crippen molar-refractivity contribution in [2.75, 3.05) is 7.05 Å². The number of aryl methyl sites for hydroxylation is 1. The van der Waals surface area contributed by atoms with Crippen LogP contribution in [0, 0.1) is 12.7 Å². The van der Waals surface area contributed by atoms with Crippen molar-refractivity contribution in [2.45, 2.75) is 39.7 Å². The number of benzene rings is 1. The van der Waals surface area contributed by atoms with E-state index in [1.54, 1.807) is 24.1 Å². The molecule has 0 heterocycles. The topological polar surface area (TPSA) is 20.3 Å². The van der Waals surface area contributed by atoms with Crippen molar-refractivity contribution >= 4 is 5.91 Å². The van der Waals surface area contributed by atoms with Gasteiger partial charge >= 0.3 is 0 Å². The van der Waals surface area contributed by atoms with Crippen LogP contribution in [0.25, 0.3) is 0 Å². The Morgan fingerprint density at radius 3 is 2.41 bits per heavy atom. The Morgan fingerprint density at radius 1 is 1.35 bits per heavy atom. The van der Waals surface area contributed by atoms with E-state index in [-0.39, 0.29) is 17.5 Å². The minimum atomic E-state index is -0.437. The summed E-state index contributed by atoms with van der Waals surface area (Å²) in [6, 6.07) is 4.89. The molecule has 0 saturated carbocycles. The molecule has 1 rings (SSSR count). The first-order valence-corrected chi connectivity index (χ1v) is 6.04. The van der Waals surface area contributed by atoms with E-state index in [0.717, 1.165) is 18.4 Å². The molecule has 0 aliphatic carbocycles. The van der Waals surface area contributed by atoms with Crippen LogP contribution in [-0.4, -0.2) is 23.9 Å². The molecule has 0 bridgehead atoms. The quantitative estimate of drug-likeness (QED) is 0.786. The van der Waals surface area contributed by atoms with Gasteiger partial charge in [-0.3, -0.25) is 4.79 Å². The van der Waals surface area contributed by atoms with E-state index in [1.165, 1.54) is 6.07 Å². The number of carbonyl (C=O) groups is 1. The highest BCUT2D eigenvalue weighted by atomic mass is 19.1. The summed E-state index contributed by atoms with van der Waals surface area (Å²) in [5.74, 6) is -0.677. The van der Waals surface area contributed by atoms with Gasteiger partial charge in [0, 0.05) is 13.1 Å². The Hall–Kier alpha value is -1.38. The maximum absolute atomic E-state index is 13.7. The van der Waals surface area contributed by atoms with Crippen LogP contribution in [0.2, 0.25) is 0 Å². The summed E-state index contributed by atoms with van der Waals surface area (Å²) in [6.07, 6.45) is 1.76. The predicted octanol–water partition coefficient (Wildman–Crippen LogP) is 3.39. The Bertz CT molecular complexity index is 399. The van der Waals surface area contributed by atoms with Gasteiger partial charge in [-0.1, -0.05) is 19.9 Å². The zero-order chi connectivity index (χ0) is 13.0. The average Bonchev–Trinajstić information content (AvgIpc) is 2.29. The Balaban J connectivity index is 2.96. The lowest BCUT2D eigenvalue weighted by Gasteiger charge is -2.26. The largest absolute Gasteiger partial charge is 0.339 e. The minimum Gasteiger partial charge on any atom is -0.339 e. The molecule has 1 aromatic rings. The van der Waals surface area contributed by atoms with Crippen molar-refractivity contribution in [3.63, 3.8) is 0 Å². The lowest BCUT2D eigenvalue weighted by molar-refractivity contribution is 0.0719. The van der Waals surface area contributed by atoms with Crippen molar-refractivity contribution in [1.29, 1.82) is 0 Å². The fraction of sp³-hybridized carbons (Fsp3) is 0.500. The van der Waals surface area contributed by atoms with Crippen molar-refractivity contribution in [1.82, 2.24) is 4.90 Å². The number of rotatable bonds is 4. The van der Waals surface area contributed by atoms with E-state index >= 15 is 0 Å². The van der Waals surface area contributed by atoms with E-state index in [9.17, 15) is 9.18 Å². The third kappa shape index (κ3) is 3.05. The Kier molecular flexibility index (Phi) is 4.67. The van der Waals surface area contributed by atoms with Gasteiger partial charge in [0.15, 0.2) is 0 Å². The first-order chi connectivity index (χ1) is 8.01. The zero-order valence-corrected chi connectivity index (χ0v) is 11.0. The average molecular weight is 237 g/mol. The molecule has 17 heavy (non-hydrogen) atoms. The van der Waals surface area contributed by atoms with E-state index in [4.69, 9.17) is 0 Å². The van der Waals surface area contributed by atoms with Crippen molar-refractivity contribution in [2.24, 2.45) is 0 Å². The third-order valence-electron chi connectivity index (χ3n) is 3.17. The third-order valence-corrected chi connectivity index (χ3v) is 3.17. The Labute approximate surface area is 102 Å². The molecule has 0 aliphatic heterocycles. The maximum atomic E-state index is 13.7. The molecule has 3 heteroatoms. The molecule has 1 aromatic carbocycles. The summed E-state index contributed by atoms with van der Waals surface area (Å²) in [4.78, 5) is 13.8. The maximum Gasteiger partial charge on any atom is 0.256 e. The van der Waals surface area contributed by atoms with Gasteiger partial charge in [-0.25, -0.2) is 4.39 Å². The van der Waals surface area contributed by atoms with Gasteiger partial charge in [0.1, 0.15) is 5.82 Å². The molecule has 0 aromatic heterocycles. The summed E-state index contributed by atoms with van der Waals surface area (Å²) >= 11 is 0. The number of amides is 1. The molecule has 0 N–H and O–H groups in total. The van der Waals surface area contributed by atoms with E-state index in [1.807, 2.05) is 20.8 Å². The number of hydrogen-bond donors (Lipinski definition) is 0. The smallest absolute Gasteiger partial charge is 0.256 e. The van der Waals surface area contributed by atoms with Crippen LogP contribution in [0.4, 0.5) is 4.39 Å². The van der Waals surface area contributed by atoms with Crippen LogP contribution in [0.3, 0.4) is 0 Å². The highest BCUT2D eigenvalue weighted by molar-refractivity contribution is 5.94. The Morgan fingerprint density at radius 2 is 1.94 bits per heavy atom. The summed E-state index contributed by atoms with van der Waals surface area (Å²) < 4.78 is 13.7. The van der Waals surface area contributed by atoms with Gasteiger partial charge in [0.25, 0.3) is 5.91 Å². The van der Waals surface area contributed by atoms with Gasteiger partial charge < -0.3 is 4.90 Å². The minimum absolute atomic E-state index is 0.157. The monoisotopic (exact) mass is 237 g/mol. The van der Waals surface area contributed by atoms with Gasteiger partial charge in [-0.05, 0) is 37.5 Å². The normalized spacial score (nSPS) is 10.7. The van der Waals surface area contributed by atoms with Crippen molar-refractivity contribution < 1.29 is 9.18 Å². The molecular weight excluding hydrogens is 217 g/mol. The van der Waals surface area contributed by atoms with Crippen LogP contribution >= 0.6 is 0 Å². The van der Waals surface area contributed by atoms with Crippen molar-refractivity contribution in [3.8, 4) is 0 Å². The second-order valence-corrected chi connectivity index (χ2v) is 4.37. The molecular formula is C14H20FNO. The second kappa shape index (κ2) is 5.80. The summed E-state index contributed by atoms with van der Waals surface area (Å²) in [6.45, 7) is 5.87. The lowest BCUT2D eigenvalue weighted by atomic mass is 10.1. The second-order valence-electron chi connectivity index (χ2n) is 4.37. The summed E-state index contributed by atoms with van der Waals surface area (Å²) in [5, 5.41) is 0. The molecule has 94 valence electrons.